The molecule has 0 aliphatic heterocycles. The Morgan fingerprint density at radius 1 is 1.12 bits per heavy atom. The van der Waals surface area contributed by atoms with Crippen LogP contribution >= 0.6 is 11.6 Å². The van der Waals surface area contributed by atoms with Crippen molar-refractivity contribution in [1.29, 1.82) is 0 Å². The molecule has 0 aliphatic carbocycles. The molecule has 0 aliphatic rings. The van der Waals surface area contributed by atoms with Crippen molar-refractivity contribution in [1.82, 2.24) is 0 Å². The molecule has 1 unspecified atom stereocenters. The molecule has 3 N–H and O–H groups in total. The van der Waals surface area contributed by atoms with Gasteiger partial charge in [-0.3, -0.25) is 14.1 Å². The zero-order valence-corrected chi connectivity index (χ0v) is 14.7. The summed E-state index contributed by atoms with van der Waals surface area (Å²) in [5.41, 5.74) is 0.252. The second kappa shape index (κ2) is 8.52. The van der Waals surface area contributed by atoms with E-state index >= 15 is 0 Å². The Labute approximate surface area is 155 Å². The zero-order valence-electron chi connectivity index (χ0n) is 13.1. The maximum atomic E-state index is 12.7. The van der Waals surface area contributed by atoms with Gasteiger partial charge in [-0.15, -0.1) is 0 Å². The van der Waals surface area contributed by atoms with Crippen LogP contribution in [0.2, 0.25) is 5.02 Å². The van der Waals surface area contributed by atoms with Gasteiger partial charge in [-0.1, -0.05) is 11.6 Å². The summed E-state index contributed by atoms with van der Waals surface area (Å²) in [4.78, 5) is 12.0. The Kier molecular flexibility index (Phi) is 6.63. The molecule has 0 heterocycles. The van der Waals surface area contributed by atoms with E-state index in [2.05, 4.69) is 10.0 Å². The molecule has 0 radical (unpaired) electrons. The smallest absolute Gasteiger partial charge is 0.326 e. The van der Waals surface area contributed by atoms with E-state index in [0.717, 1.165) is 18.2 Å². The number of carbonyl (C=O) groups excluding carboxylic acids is 1. The lowest BCUT2D eigenvalue weighted by Crippen LogP contribution is -2.13. The first-order chi connectivity index (χ1) is 12.1. The van der Waals surface area contributed by atoms with Crippen molar-refractivity contribution >= 4 is 40.1 Å². The van der Waals surface area contributed by atoms with Gasteiger partial charge >= 0.3 is 6.18 Å². The van der Waals surface area contributed by atoms with Crippen LogP contribution in [-0.2, 0) is 28.7 Å². The number of anilines is 2. The molecule has 1 amide bonds. The van der Waals surface area contributed by atoms with Crippen molar-refractivity contribution in [3.8, 4) is 0 Å². The summed E-state index contributed by atoms with van der Waals surface area (Å²) in [5.74, 6) is -0.398. The predicted octanol–water partition coefficient (Wildman–Crippen LogP) is 4.48. The normalized spacial score (nSPS) is 12.5. The number of alkyl halides is 3. The van der Waals surface area contributed by atoms with Crippen LogP contribution in [-0.4, -0.2) is 14.7 Å². The Balaban J connectivity index is 1.95. The predicted molar refractivity (Wildman–Crippen MR) is 94.2 cm³/mol. The first kappa shape index (κ1) is 20.2. The van der Waals surface area contributed by atoms with Gasteiger partial charge in [-0.05, 0) is 54.4 Å². The summed E-state index contributed by atoms with van der Waals surface area (Å²) >= 11 is 3.70. The molecule has 0 bridgehead atoms. The van der Waals surface area contributed by atoms with Gasteiger partial charge in [-0.2, -0.15) is 13.2 Å². The third-order valence-corrected chi connectivity index (χ3v) is 4.15. The second-order valence-corrected chi connectivity index (χ2v) is 6.39. The van der Waals surface area contributed by atoms with Crippen molar-refractivity contribution in [3.63, 3.8) is 0 Å². The average Bonchev–Trinajstić information content (AvgIpc) is 2.54. The van der Waals surface area contributed by atoms with E-state index in [1.54, 1.807) is 0 Å². The molecular formula is C16H14ClF3N2O3S. The molecule has 2 rings (SSSR count). The van der Waals surface area contributed by atoms with Gasteiger partial charge in [-0.25, -0.2) is 4.21 Å². The molecule has 2 aromatic carbocycles. The largest absolute Gasteiger partial charge is 0.416 e. The molecule has 5 nitrogen and oxygen atoms in total. The Bertz CT molecular complexity index is 813. The van der Waals surface area contributed by atoms with Crippen LogP contribution in [0.5, 0.6) is 0 Å². The van der Waals surface area contributed by atoms with Crippen LogP contribution in [0.3, 0.4) is 0 Å². The van der Waals surface area contributed by atoms with Crippen LogP contribution in [0.4, 0.5) is 24.5 Å². The van der Waals surface area contributed by atoms with Crippen LogP contribution in [0.15, 0.2) is 42.5 Å². The van der Waals surface area contributed by atoms with Crippen LogP contribution < -0.4 is 10.0 Å². The number of hydrogen-bond donors (Lipinski definition) is 3. The third kappa shape index (κ3) is 6.01. The number of hydrogen-bond acceptors (Lipinski definition) is 2. The van der Waals surface area contributed by atoms with Crippen LogP contribution in [0, 0.1) is 0 Å². The molecule has 26 heavy (non-hydrogen) atoms. The average molecular weight is 407 g/mol. The van der Waals surface area contributed by atoms with E-state index in [9.17, 15) is 22.2 Å². The number of rotatable bonds is 6. The Hall–Kier alpha value is -2.10. The second-order valence-electron chi connectivity index (χ2n) is 5.28. The molecule has 1 atom stereocenters. The zero-order chi connectivity index (χ0) is 19.3. The molecule has 0 aromatic heterocycles. The highest BCUT2D eigenvalue weighted by Crippen LogP contribution is 2.32. The molecule has 0 fully saturated rings. The van der Waals surface area contributed by atoms with Crippen LogP contribution in [0.25, 0.3) is 0 Å². The van der Waals surface area contributed by atoms with E-state index in [4.69, 9.17) is 16.2 Å². The molecule has 0 saturated carbocycles. The van der Waals surface area contributed by atoms with E-state index in [1.807, 2.05) is 0 Å². The lowest BCUT2D eigenvalue weighted by Gasteiger charge is -2.11. The summed E-state index contributed by atoms with van der Waals surface area (Å²) in [6.45, 7) is 0. The highest BCUT2D eigenvalue weighted by molar-refractivity contribution is 7.80. The van der Waals surface area contributed by atoms with Crippen molar-refractivity contribution in [3.05, 3.63) is 58.6 Å². The SMILES string of the molecule is O=C(CCc1cc(C(F)(F)F)ccc1Cl)Nc1ccc(NS(=O)O)cc1. The van der Waals surface area contributed by atoms with Gasteiger partial charge in [0.15, 0.2) is 0 Å². The highest BCUT2D eigenvalue weighted by atomic mass is 35.5. The third-order valence-electron chi connectivity index (χ3n) is 3.37. The van der Waals surface area contributed by atoms with E-state index in [0.29, 0.717) is 11.4 Å². The van der Waals surface area contributed by atoms with Crippen molar-refractivity contribution in [2.45, 2.75) is 19.0 Å². The lowest BCUT2D eigenvalue weighted by molar-refractivity contribution is -0.137. The van der Waals surface area contributed by atoms with Gasteiger partial charge in [0.2, 0.25) is 5.91 Å². The van der Waals surface area contributed by atoms with Gasteiger partial charge in [0.05, 0.1) is 5.56 Å². The van der Waals surface area contributed by atoms with Crippen molar-refractivity contribution < 1.29 is 26.7 Å². The fraction of sp³-hybridized carbons (Fsp3) is 0.188. The maximum Gasteiger partial charge on any atom is 0.416 e. The van der Waals surface area contributed by atoms with E-state index < -0.39 is 28.9 Å². The Morgan fingerprint density at radius 2 is 1.73 bits per heavy atom. The fourth-order valence-electron chi connectivity index (χ4n) is 2.14. The molecule has 0 spiro atoms. The maximum absolute atomic E-state index is 12.7. The van der Waals surface area contributed by atoms with Crippen molar-refractivity contribution in [2.75, 3.05) is 10.0 Å². The van der Waals surface area contributed by atoms with Gasteiger partial charge in [0.25, 0.3) is 11.3 Å². The topological polar surface area (TPSA) is 78.4 Å². The molecule has 140 valence electrons. The first-order valence-electron chi connectivity index (χ1n) is 7.28. The van der Waals surface area contributed by atoms with Gasteiger partial charge in [0, 0.05) is 22.8 Å². The first-order valence-corrected chi connectivity index (χ1v) is 8.76. The van der Waals surface area contributed by atoms with E-state index in [1.165, 1.54) is 24.3 Å². The number of nitrogens with one attached hydrogen (secondary N) is 2. The number of halogens is 4. The summed E-state index contributed by atoms with van der Waals surface area (Å²) in [5, 5.41) is 2.75. The monoisotopic (exact) mass is 406 g/mol. The summed E-state index contributed by atoms with van der Waals surface area (Å²) in [7, 11) is 0. The standard InChI is InChI=1S/C16H14ClF3N2O3S/c17-14-7-2-11(16(18,19)20)9-10(14)1-8-15(23)21-12-3-5-13(6-4-12)22-26(24)25/h2-7,9,22H,1,8H2,(H,21,23)(H,24,25). The molecular weight excluding hydrogens is 393 g/mol. The minimum absolute atomic E-state index is 0.0533. The summed E-state index contributed by atoms with van der Waals surface area (Å²) in [6, 6.07) is 9.01. The fourth-order valence-corrected chi connectivity index (χ4v) is 2.69. The number of carbonyl (C=O) groups is 1. The van der Waals surface area contributed by atoms with Crippen molar-refractivity contribution in [2.24, 2.45) is 0 Å². The molecule has 2 aromatic rings. The quantitative estimate of drug-likeness (QED) is 0.619. The van der Waals surface area contributed by atoms with E-state index in [-0.39, 0.29) is 23.4 Å². The van der Waals surface area contributed by atoms with Gasteiger partial charge in [0.1, 0.15) is 0 Å². The minimum Gasteiger partial charge on any atom is -0.326 e. The summed E-state index contributed by atoms with van der Waals surface area (Å²) in [6.07, 6.45) is -4.48. The van der Waals surface area contributed by atoms with Crippen LogP contribution in [0.1, 0.15) is 17.5 Å². The Morgan fingerprint density at radius 3 is 2.31 bits per heavy atom. The highest BCUT2D eigenvalue weighted by Gasteiger charge is 2.30. The number of aryl methyl sites for hydroxylation is 1. The summed E-state index contributed by atoms with van der Waals surface area (Å²) < 4.78 is 59.8. The lowest BCUT2D eigenvalue weighted by atomic mass is 10.1. The van der Waals surface area contributed by atoms with Gasteiger partial charge < -0.3 is 5.32 Å². The molecule has 10 heteroatoms. The number of amides is 1. The number of benzene rings is 2. The minimum atomic E-state index is -4.48. The molecule has 0 saturated heterocycles.